The van der Waals surface area contributed by atoms with Crippen molar-refractivity contribution in [1.29, 1.82) is 0 Å². The number of carbonyl (C=O) groups excluding carboxylic acids is 1. The Morgan fingerprint density at radius 3 is 2.74 bits per heavy atom. The Kier molecular flexibility index (Phi) is 6.36. The second kappa shape index (κ2) is 8.73. The number of amides is 1. The molecule has 1 N–H and O–H groups in total. The SMILES string of the molecule is Cc1c(F)cccc1C=CCCNC(=O)OCc1ccccc1. The van der Waals surface area contributed by atoms with Gasteiger partial charge < -0.3 is 10.1 Å². The molecular formula is C19H20FNO2. The molecule has 0 spiro atoms. The summed E-state index contributed by atoms with van der Waals surface area (Å²) in [6, 6.07) is 14.5. The van der Waals surface area contributed by atoms with Gasteiger partial charge in [0.05, 0.1) is 0 Å². The lowest BCUT2D eigenvalue weighted by atomic mass is 10.1. The average molecular weight is 313 g/mol. The van der Waals surface area contributed by atoms with Crippen molar-refractivity contribution in [2.75, 3.05) is 6.54 Å². The number of carbonyl (C=O) groups is 1. The number of ether oxygens (including phenoxy) is 1. The zero-order valence-corrected chi connectivity index (χ0v) is 13.1. The van der Waals surface area contributed by atoms with Gasteiger partial charge in [0, 0.05) is 6.54 Å². The summed E-state index contributed by atoms with van der Waals surface area (Å²) in [7, 11) is 0. The molecule has 0 fully saturated rings. The van der Waals surface area contributed by atoms with Gasteiger partial charge in [-0.1, -0.05) is 54.6 Å². The molecule has 2 aromatic carbocycles. The van der Waals surface area contributed by atoms with E-state index in [4.69, 9.17) is 4.74 Å². The number of rotatable bonds is 6. The highest BCUT2D eigenvalue weighted by atomic mass is 19.1. The van der Waals surface area contributed by atoms with Gasteiger partial charge in [-0.3, -0.25) is 0 Å². The molecule has 3 nitrogen and oxygen atoms in total. The minimum absolute atomic E-state index is 0.213. The van der Waals surface area contributed by atoms with Crippen molar-refractivity contribution in [2.45, 2.75) is 20.0 Å². The van der Waals surface area contributed by atoms with Crippen LogP contribution in [0.3, 0.4) is 0 Å². The predicted octanol–water partition coefficient (Wildman–Crippen LogP) is 4.46. The summed E-state index contributed by atoms with van der Waals surface area (Å²) in [6.45, 7) is 2.47. The fourth-order valence-corrected chi connectivity index (χ4v) is 2.05. The first-order valence-electron chi connectivity index (χ1n) is 7.53. The summed E-state index contributed by atoms with van der Waals surface area (Å²) in [6.07, 6.45) is 3.97. The van der Waals surface area contributed by atoms with Crippen LogP contribution in [0.15, 0.2) is 54.6 Å². The average Bonchev–Trinajstić information content (AvgIpc) is 2.57. The minimum atomic E-state index is -0.441. The Morgan fingerprint density at radius 2 is 1.96 bits per heavy atom. The zero-order valence-electron chi connectivity index (χ0n) is 13.1. The van der Waals surface area contributed by atoms with E-state index >= 15 is 0 Å². The van der Waals surface area contributed by atoms with Gasteiger partial charge in [-0.05, 0) is 36.1 Å². The van der Waals surface area contributed by atoms with Crippen molar-refractivity contribution in [3.05, 3.63) is 77.1 Å². The lowest BCUT2D eigenvalue weighted by molar-refractivity contribution is 0.140. The minimum Gasteiger partial charge on any atom is -0.445 e. The van der Waals surface area contributed by atoms with Crippen LogP contribution in [0.1, 0.15) is 23.1 Å². The molecule has 0 bridgehead atoms. The van der Waals surface area contributed by atoms with Crippen molar-refractivity contribution in [2.24, 2.45) is 0 Å². The van der Waals surface area contributed by atoms with Crippen molar-refractivity contribution in [3.8, 4) is 0 Å². The first-order chi connectivity index (χ1) is 11.2. The fraction of sp³-hybridized carbons (Fsp3) is 0.211. The molecule has 0 aromatic heterocycles. The molecule has 0 saturated heterocycles. The highest BCUT2D eigenvalue weighted by molar-refractivity contribution is 5.67. The second-order valence-electron chi connectivity index (χ2n) is 5.13. The molecule has 0 atom stereocenters. The smallest absolute Gasteiger partial charge is 0.407 e. The van der Waals surface area contributed by atoms with Crippen LogP contribution in [0.4, 0.5) is 9.18 Å². The summed E-state index contributed by atoms with van der Waals surface area (Å²) in [4.78, 5) is 11.5. The Labute approximate surface area is 135 Å². The monoisotopic (exact) mass is 313 g/mol. The molecule has 0 radical (unpaired) electrons. The lowest BCUT2D eigenvalue weighted by Crippen LogP contribution is -2.24. The van der Waals surface area contributed by atoms with E-state index < -0.39 is 6.09 Å². The normalized spacial score (nSPS) is 10.7. The van der Waals surface area contributed by atoms with Crippen LogP contribution in [0.2, 0.25) is 0 Å². The number of nitrogens with one attached hydrogen (secondary N) is 1. The Hall–Kier alpha value is -2.62. The van der Waals surface area contributed by atoms with Crippen LogP contribution in [-0.4, -0.2) is 12.6 Å². The number of benzene rings is 2. The van der Waals surface area contributed by atoms with E-state index in [2.05, 4.69) is 5.32 Å². The van der Waals surface area contributed by atoms with Crippen molar-refractivity contribution < 1.29 is 13.9 Å². The van der Waals surface area contributed by atoms with Crippen LogP contribution in [0.5, 0.6) is 0 Å². The van der Waals surface area contributed by atoms with E-state index in [1.54, 1.807) is 13.0 Å². The molecule has 23 heavy (non-hydrogen) atoms. The lowest BCUT2D eigenvalue weighted by Gasteiger charge is -2.06. The summed E-state index contributed by atoms with van der Waals surface area (Å²) in [5.41, 5.74) is 2.42. The van der Waals surface area contributed by atoms with E-state index in [0.29, 0.717) is 18.5 Å². The number of hydrogen-bond acceptors (Lipinski definition) is 2. The number of hydrogen-bond donors (Lipinski definition) is 1. The molecule has 2 rings (SSSR count). The summed E-state index contributed by atoms with van der Waals surface area (Å²) < 4.78 is 18.5. The third kappa shape index (κ3) is 5.58. The Morgan fingerprint density at radius 1 is 1.17 bits per heavy atom. The van der Waals surface area contributed by atoms with Crippen molar-refractivity contribution in [3.63, 3.8) is 0 Å². The van der Waals surface area contributed by atoms with E-state index in [1.807, 2.05) is 48.6 Å². The third-order valence-electron chi connectivity index (χ3n) is 3.40. The van der Waals surface area contributed by atoms with Gasteiger partial charge >= 0.3 is 6.09 Å². The Bertz CT molecular complexity index is 668. The topological polar surface area (TPSA) is 38.3 Å². The van der Waals surface area contributed by atoms with E-state index in [0.717, 1.165) is 11.1 Å². The quantitative estimate of drug-likeness (QED) is 0.799. The maximum Gasteiger partial charge on any atom is 0.407 e. The molecule has 0 unspecified atom stereocenters. The molecular weight excluding hydrogens is 293 g/mol. The van der Waals surface area contributed by atoms with Crippen molar-refractivity contribution in [1.82, 2.24) is 5.32 Å². The summed E-state index contributed by atoms with van der Waals surface area (Å²) in [5, 5.41) is 2.68. The molecule has 1 amide bonds. The van der Waals surface area contributed by atoms with Gasteiger partial charge in [0.25, 0.3) is 0 Å². The predicted molar refractivity (Wildman–Crippen MR) is 89.4 cm³/mol. The molecule has 4 heteroatoms. The maximum absolute atomic E-state index is 13.4. The van der Waals surface area contributed by atoms with Crippen LogP contribution >= 0.6 is 0 Å². The first-order valence-corrected chi connectivity index (χ1v) is 7.53. The Balaban J connectivity index is 1.67. The van der Waals surface area contributed by atoms with Gasteiger partial charge in [-0.2, -0.15) is 0 Å². The zero-order chi connectivity index (χ0) is 16.5. The number of alkyl carbamates (subject to hydrolysis) is 1. The molecule has 0 saturated carbocycles. The summed E-state index contributed by atoms with van der Waals surface area (Å²) >= 11 is 0. The molecule has 2 aromatic rings. The second-order valence-corrected chi connectivity index (χ2v) is 5.13. The van der Waals surface area contributed by atoms with Crippen LogP contribution < -0.4 is 5.32 Å². The van der Waals surface area contributed by atoms with E-state index in [-0.39, 0.29) is 12.4 Å². The van der Waals surface area contributed by atoms with Gasteiger partial charge in [0.2, 0.25) is 0 Å². The number of halogens is 1. The first kappa shape index (κ1) is 16.7. The van der Waals surface area contributed by atoms with Crippen molar-refractivity contribution >= 4 is 12.2 Å². The van der Waals surface area contributed by atoms with Crippen LogP contribution in [0.25, 0.3) is 6.08 Å². The van der Waals surface area contributed by atoms with Crippen LogP contribution in [0, 0.1) is 12.7 Å². The van der Waals surface area contributed by atoms with Gasteiger partial charge in [-0.25, -0.2) is 9.18 Å². The standard InChI is InChI=1S/C19H20FNO2/c1-15-17(11-7-12-18(15)20)10-5-6-13-21-19(22)23-14-16-8-3-2-4-9-16/h2-5,7-12H,6,13-14H2,1H3,(H,21,22). The molecule has 0 aliphatic rings. The highest BCUT2D eigenvalue weighted by Gasteiger charge is 2.01. The summed E-state index contributed by atoms with van der Waals surface area (Å²) in [5.74, 6) is -0.213. The molecule has 120 valence electrons. The van der Waals surface area contributed by atoms with Crippen LogP contribution in [-0.2, 0) is 11.3 Å². The molecule has 0 aliphatic carbocycles. The maximum atomic E-state index is 13.4. The highest BCUT2D eigenvalue weighted by Crippen LogP contribution is 2.13. The van der Waals surface area contributed by atoms with Gasteiger partial charge in [0.15, 0.2) is 0 Å². The van der Waals surface area contributed by atoms with Gasteiger partial charge in [0.1, 0.15) is 12.4 Å². The van der Waals surface area contributed by atoms with E-state index in [9.17, 15) is 9.18 Å². The third-order valence-corrected chi connectivity index (χ3v) is 3.40. The molecule has 0 heterocycles. The fourth-order valence-electron chi connectivity index (χ4n) is 2.05. The molecule has 0 aliphatic heterocycles. The van der Waals surface area contributed by atoms with Gasteiger partial charge in [-0.15, -0.1) is 0 Å². The largest absolute Gasteiger partial charge is 0.445 e. The van der Waals surface area contributed by atoms with E-state index in [1.165, 1.54) is 6.07 Å².